The molecule has 0 spiro atoms. The number of aromatic nitrogens is 2. The smallest absolute Gasteiger partial charge is 0.0562 e. The molecule has 0 bridgehead atoms. The minimum absolute atomic E-state index is 0.578. The number of rotatable bonds is 2. The van der Waals surface area contributed by atoms with Gasteiger partial charge < -0.3 is 5.73 Å². The van der Waals surface area contributed by atoms with E-state index in [1.807, 2.05) is 25.4 Å². The standard InChI is InChI=1S/C7H11N3/c1-10-6-7(5-9-10)3-2-4-8/h2-3,5-6H,4,8H2,1H3/b3-2+. The lowest BCUT2D eigenvalue weighted by molar-refractivity contribution is 0.767. The average Bonchev–Trinajstić information content (AvgIpc) is 2.31. The zero-order valence-corrected chi connectivity index (χ0v) is 5.99. The van der Waals surface area contributed by atoms with Crippen LogP contribution in [0.2, 0.25) is 0 Å². The SMILES string of the molecule is Cn1cc(/C=C/CN)cn1. The Labute approximate surface area is 60.1 Å². The number of aryl methyl sites for hydroxylation is 1. The summed E-state index contributed by atoms with van der Waals surface area (Å²) < 4.78 is 1.76. The first-order valence-corrected chi connectivity index (χ1v) is 3.18. The molecule has 3 nitrogen and oxygen atoms in total. The lowest BCUT2D eigenvalue weighted by atomic mass is 10.3. The van der Waals surface area contributed by atoms with Gasteiger partial charge in [-0.3, -0.25) is 4.68 Å². The summed E-state index contributed by atoms with van der Waals surface area (Å²) in [4.78, 5) is 0. The van der Waals surface area contributed by atoms with Crippen molar-refractivity contribution in [2.45, 2.75) is 0 Å². The molecule has 0 saturated carbocycles. The summed E-state index contributed by atoms with van der Waals surface area (Å²) >= 11 is 0. The van der Waals surface area contributed by atoms with E-state index in [-0.39, 0.29) is 0 Å². The van der Waals surface area contributed by atoms with Crippen LogP contribution in [0.1, 0.15) is 5.56 Å². The maximum absolute atomic E-state index is 5.27. The minimum Gasteiger partial charge on any atom is -0.327 e. The number of nitrogens with zero attached hydrogens (tertiary/aromatic N) is 2. The highest BCUT2D eigenvalue weighted by Gasteiger charge is 1.86. The second-order valence-corrected chi connectivity index (χ2v) is 2.09. The first-order chi connectivity index (χ1) is 4.83. The van der Waals surface area contributed by atoms with Crippen LogP contribution in [-0.4, -0.2) is 16.3 Å². The summed E-state index contributed by atoms with van der Waals surface area (Å²) in [6.07, 6.45) is 7.59. The fourth-order valence-corrected chi connectivity index (χ4v) is 0.730. The quantitative estimate of drug-likeness (QED) is 0.641. The van der Waals surface area contributed by atoms with Crippen LogP contribution in [0.4, 0.5) is 0 Å². The topological polar surface area (TPSA) is 43.8 Å². The Morgan fingerprint density at radius 1 is 1.80 bits per heavy atom. The van der Waals surface area contributed by atoms with Gasteiger partial charge in [-0.25, -0.2) is 0 Å². The summed E-state index contributed by atoms with van der Waals surface area (Å²) in [5, 5.41) is 3.99. The van der Waals surface area contributed by atoms with Crippen LogP contribution in [0.3, 0.4) is 0 Å². The van der Waals surface area contributed by atoms with Crippen LogP contribution >= 0.6 is 0 Å². The molecule has 0 aliphatic rings. The average molecular weight is 137 g/mol. The van der Waals surface area contributed by atoms with Crippen LogP contribution in [0.5, 0.6) is 0 Å². The van der Waals surface area contributed by atoms with Gasteiger partial charge in [-0.2, -0.15) is 5.10 Å². The Kier molecular flexibility index (Phi) is 2.23. The Bertz CT molecular complexity index is 225. The lowest BCUT2D eigenvalue weighted by Gasteiger charge is -1.81. The van der Waals surface area contributed by atoms with Gasteiger partial charge in [-0.15, -0.1) is 0 Å². The second kappa shape index (κ2) is 3.17. The molecule has 1 aromatic heterocycles. The van der Waals surface area contributed by atoms with Crippen LogP contribution < -0.4 is 5.73 Å². The minimum atomic E-state index is 0.578. The molecule has 0 amide bonds. The zero-order valence-electron chi connectivity index (χ0n) is 5.99. The van der Waals surface area contributed by atoms with E-state index in [0.29, 0.717) is 6.54 Å². The Morgan fingerprint density at radius 3 is 3.10 bits per heavy atom. The summed E-state index contributed by atoms with van der Waals surface area (Å²) in [7, 11) is 1.89. The third kappa shape index (κ3) is 1.70. The van der Waals surface area contributed by atoms with E-state index in [0.717, 1.165) is 5.56 Å². The Balaban J connectivity index is 2.67. The molecule has 54 valence electrons. The van der Waals surface area contributed by atoms with E-state index in [4.69, 9.17) is 5.73 Å². The molecule has 0 fully saturated rings. The van der Waals surface area contributed by atoms with Crippen molar-refractivity contribution in [3.63, 3.8) is 0 Å². The summed E-state index contributed by atoms with van der Waals surface area (Å²) in [6, 6.07) is 0. The van der Waals surface area contributed by atoms with E-state index < -0.39 is 0 Å². The van der Waals surface area contributed by atoms with Crippen molar-refractivity contribution in [1.82, 2.24) is 9.78 Å². The van der Waals surface area contributed by atoms with Gasteiger partial charge in [0.05, 0.1) is 6.20 Å². The van der Waals surface area contributed by atoms with Gasteiger partial charge in [-0.1, -0.05) is 12.2 Å². The Hall–Kier alpha value is -1.09. The first kappa shape index (κ1) is 7.02. The largest absolute Gasteiger partial charge is 0.327 e. The molecule has 0 atom stereocenters. The predicted octanol–water partition coefficient (Wildman–Crippen LogP) is 0.392. The zero-order chi connectivity index (χ0) is 7.40. The van der Waals surface area contributed by atoms with Crippen molar-refractivity contribution < 1.29 is 0 Å². The predicted molar refractivity (Wildman–Crippen MR) is 41.3 cm³/mol. The van der Waals surface area contributed by atoms with Crippen molar-refractivity contribution in [1.29, 1.82) is 0 Å². The molecule has 0 aliphatic carbocycles. The van der Waals surface area contributed by atoms with Crippen LogP contribution in [0, 0.1) is 0 Å². The van der Waals surface area contributed by atoms with Crippen molar-refractivity contribution in [2.24, 2.45) is 12.8 Å². The summed E-state index contributed by atoms with van der Waals surface area (Å²) in [5.74, 6) is 0. The maximum Gasteiger partial charge on any atom is 0.0562 e. The molecule has 0 unspecified atom stereocenters. The van der Waals surface area contributed by atoms with Crippen LogP contribution in [0.25, 0.3) is 6.08 Å². The van der Waals surface area contributed by atoms with E-state index in [1.54, 1.807) is 10.9 Å². The number of hydrogen-bond donors (Lipinski definition) is 1. The molecule has 10 heavy (non-hydrogen) atoms. The van der Waals surface area contributed by atoms with Gasteiger partial charge in [0.1, 0.15) is 0 Å². The normalized spacial score (nSPS) is 11.0. The highest BCUT2D eigenvalue weighted by atomic mass is 15.2. The van der Waals surface area contributed by atoms with Gasteiger partial charge in [0, 0.05) is 25.4 Å². The third-order valence-electron chi connectivity index (χ3n) is 1.17. The molecule has 0 radical (unpaired) electrons. The Morgan fingerprint density at radius 2 is 2.60 bits per heavy atom. The van der Waals surface area contributed by atoms with E-state index in [9.17, 15) is 0 Å². The van der Waals surface area contributed by atoms with Gasteiger partial charge in [-0.05, 0) is 0 Å². The number of hydrogen-bond acceptors (Lipinski definition) is 2. The molecule has 0 saturated heterocycles. The molecule has 1 rings (SSSR count). The molecule has 1 aromatic rings. The lowest BCUT2D eigenvalue weighted by Crippen LogP contribution is -1.91. The van der Waals surface area contributed by atoms with Crippen molar-refractivity contribution in [3.05, 3.63) is 24.0 Å². The fourth-order valence-electron chi connectivity index (χ4n) is 0.730. The molecule has 2 N–H and O–H groups in total. The highest BCUT2D eigenvalue weighted by Crippen LogP contribution is 1.97. The first-order valence-electron chi connectivity index (χ1n) is 3.18. The monoisotopic (exact) mass is 137 g/mol. The fraction of sp³-hybridized carbons (Fsp3) is 0.286. The summed E-state index contributed by atoms with van der Waals surface area (Å²) in [6.45, 7) is 0.578. The molecular formula is C7H11N3. The van der Waals surface area contributed by atoms with Crippen LogP contribution in [0.15, 0.2) is 18.5 Å². The molecule has 0 aliphatic heterocycles. The van der Waals surface area contributed by atoms with Gasteiger partial charge in [0.2, 0.25) is 0 Å². The van der Waals surface area contributed by atoms with Crippen LogP contribution in [-0.2, 0) is 7.05 Å². The molecule has 3 heteroatoms. The highest BCUT2D eigenvalue weighted by molar-refractivity contribution is 5.46. The van der Waals surface area contributed by atoms with E-state index in [1.165, 1.54) is 0 Å². The number of nitrogens with two attached hydrogens (primary N) is 1. The molecular weight excluding hydrogens is 126 g/mol. The van der Waals surface area contributed by atoms with Crippen molar-refractivity contribution in [2.75, 3.05) is 6.54 Å². The van der Waals surface area contributed by atoms with Gasteiger partial charge >= 0.3 is 0 Å². The molecule has 1 heterocycles. The van der Waals surface area contributed by atoms with Gasteiger partial charge in [0.25, 0.3) is 0 Å². The van der Waals surface area contributed by atoms with E-state index in [2.05, 4.69) is 5.10 Å². The third-order valence-corrected chi connectivity index (χ3v) is 1.17. The van der Waals surface area contributed by atoms with Crippen molar-refractivity contribution in [3.8, 4) is 0 Å². The van der Waals surface area contributed by atoms with Crippen molar-refractivity contribution >= 4 is 6.08 Å². The maximum atomic E-state index is 5.27. The second-order valence-electron chi connectivity index (χ2n) is 2.09. The summed E-state index contributed by atoms with van der Waals surface area (Å²) in [5.41, 5.74) is 6.36. The van der Waals surface area contributed by atoms with E-state index >= 15 is 0 Å². The van der Waals surface area contributed by atoms with Gasteiger partial charge in [0.15, 0.2) is 0 Å². The molecule has 0 aromatic carbocycles.